The van der Waals surface area contributed by atoms with E-state index in [2.05, 4.69) is 36.9 Å². The summed E-state index contributed by atoms with van der Waals surface area (Å²) in [5.74, 6) is -0.797. The Bertz CT molecular complexity index is 927. The molecule has 1 aromatic carbocycles. The minimum atomic E-state index is -0.490. The first-order valence-electron chi connectivity index (χ1n) is 10.5. The quantitative estimate of drug-likeness (QED) is 0.383. The van der Waals surface area contributed by atoms with Crippen LogP contribution < -0.4 is 0 Å². The van der Waals surface area contributed by atoms with Crippen molar-refractivity contribution in [3.8, 4) is 0 Å². The predicted molar refractivity (Wildman–Crippen MR) is 125 cm³/mol. The summed E-state index contributed by atoms with van der Waals surface area (Å²) in [6.07, 6.45) is 11.7. The van der Waals surface area contributed by atoms with Gasteiger partial charge in [0.25, 0.3) is 0 Å². The maximum atomic E-state index is 12.7. The summed E-state index contributed by atoms with van der Waals surface area (Å²) in [5.41, 5.74) is 3.69. The van der Waals surface area contributed by atoms with Crippen LogP contribution in [0.25, 0.3) is 6.08 Å². The van der Waals surface area contributed by atoms with Crippen LogP contribution in [0.15, 0.2) is 83.5 Å². The van der Waals surface area contributed by atoms with Crippen LogP contribution >= 0.6 is 0 Å². The molecule has 164 valence electrons. The van der Waals surface area contributed by atoms with Gasteiger partial charge in [0.05, 0.1) is 18.8 Å². The maximum absolute atomic E-state index is 12.7. The molecular formula is C27H32O4. The molecule has 1 aliphatic carbocycles. The zero-order chi connectivity index (χ0) is 22.9. The predicted octanol–water partition coefficient (Wildman–Crippen LogP) is 5.98. The standard InChI is InChI=1S/C27H32O4/c1-20(2)25(28)30-18-27(4,5)19-31-26(29)24-13-9-12-23(15-14-21(24)3)17-16-22-10-7-6-8-11-22/h6-8,10-14,16-17H,1,9,15,18-19H2,2-5H3/b17-16+,21-14?,23-12+,24-13?. The lowest BCUT2D eigenvalue weighted by molar-refractivity contribution is -0.147. The highest BCUT2D eigenvalue weighted by Crippen LogP contribution is 2.22. The summed E-state index contributed by atoms with van der Waals surface area (Å²) in [6.45, 7) is 11.2. The topological polar surface area (TPSA) is 52.6 Å². The molecule has 2 rings (SSSR count). The van der Waals surface area contributed by atoms with Gasteiger partial charge in [-0.15, -0.1) is 0 Å². The summed E-state index contributed by atoms with van der Waals surface area (Å²) >= 11 is 0. The first kappa shape index (κ1) is 24.1. The number of benzene rings is 1. The summed E-state index contributed by atoms with van der Waals surface area (Å²) < 4.78 is 10.7. The number of carbonyl (C=O) groups excluding carboxylic acids is 2. The molecule has 1 aromatic rings. The number of esters is 2. The monoisotopic (exact) mass is 420 g/mol. The molecule has 0 aliphatic heterocycles. The van der Waals surface area contributed by atoms with Crippen LogP contribution in [-0.4, -0.2) is 25.2 Å². The van der Waals surface area contributed by atoms with Crippen LogP contribution in [-0.2, 0) is 19.1 Å². The molecule has 0 N–H and O–H groups in total. The average molecular weight is 421 g/mol. The lowest BCUT2D eigenvalue weighted by Crippen LogP contribution is -2.29. The van der Waals surface area contributed by atoms with Gasteiger partial charge in [-0.2, -0.15) is 0 Å². The Labute approximate surface area is 185 Å². The van der Waals surface area contributed by atoms with E-state index in [-0.39, 0.29) is 19.2 Å². The van der Waals surface area contributed by atoms with Crippen molar-refractivity contribution < 1.29 is 19.1 Å². The average Bonchev–Trinajstić information content (AvgIpc) is 2.73. The van der Waals surface area contributed by atoms with Gasteiger partial charge >= 0.3 is 11.9 Å². The number of hydrogen-bond donors (Lipinski definition) is 0. The van der Waals surface area contributed by atoms with Crippen molar-refractivity contribution >= 4 is 18.0 Å². The molecular weight excluding hydrogens is 388 g/mol. The van der Waals surface area contributed by atoms with Crippen LogP contribution in [0.1, 0.15) is 46.1 Å². The first-order chi connectivity index (χ1) is 14.7. The number of ether oxygens (including phenoxy) is 2. The molecule has 0 radical (unpaired) electrons. The SMILES string of the molecule is C=C(C)C(=O)OCC(C)(C)COC(=O)C1=CC/C=C(/C=C/c2ccccc2)CC=C1C. The Morgan fingerprint density at radius 2 is 1.71 bits per heavy atom. The van der Waals surface area contributed by atoms with Crippen molar-refractivity contribution in [2.75, 3.05) is 13.2 Å². The zero-order valence-electron chi connectivity index (χ0n) is 18.9. The highest BCUT2D eigenvalue weighted by atomic mass is 16.5. The molecule has 0 unspecified atom stereocenters. The molecule has 0 spiro atoms. The molecule has 31 heavy (non-hydrogen) atoms. The lowest BCUT2D eigenvalue weighted by atomic mass is 9.96. The molecule has 0 fully saturated rings. The number of hydrogen-bond acceptors (Lipinski definition) is 4. The van der Waals surface area contributed by atoms with Crippen LogP contribution in [0.3, 0.4) is 0 Å². The fourth-order valence-corrected chi connectivity index (χ4v) is 2.87. The van der Waals surface area contributed by atoms with Gasteiger partial charge < -0.3 is 9.47 Å². The fourth-order valence-electron chi connectivity index (χ4n) is 2.87. The minimum Gasteiger partial charge on any atom is -0.462 e. The minimum absolute atomic E-state index is 0.152. The van der Waals surface area contributed by atoms with E-state index in [0.717, 1.165) is 17.6 Å². The van der Waals surface area contributed by atoms with Gasteiger partial charge in [0, 0.05) is 11.0 Å². The molecule has 4 heteroatoms. The molecule has 0 atom stereocenters. The van der Waals surface area contributed by atoms with Gasteiger partial charge in [0.15, 0.2) is 0 Å². The van der Waals surface area contributed by atoms with Gasteiger partial charge in [-0.1, -0.05) is 81.1 Å². The molecule has 4 nitrogen and oxygen atoms in total. The Morgan fingerprint density at radius 1 is 1.03 bits per heavy atom. The number of rotatable bonds is 8. The van der Waals surface area contributed by atoms with Crippen molar-refractivity contribution in [2.24, 2.45) is 5.41 Å². The summed E-state index contributed by atoms with van der Waals surface area (Å²) in [6, 6.07) is 10.2. The van der Waals surface area contributed by atoms with Crippen LogP contribution in [0.4, 0.5) is 0 Å². The van der Waals surface area contributed by atoms with Crippen molar-refractivity contribution in [1.82, 2.24) is 0 Å². The second kappa shape index (κ2) is 11.3. The maximum Gasteiger partial charge on any atom is 0.338 e. The molecule has 0 bridgehead atoms. The van der Waals surface area contributed by atoms with E-state index in [1.54, 1.807) is 6.92 Å². The summed E-state index contributed by atoms with van der Waals surface area (Å²) in [4.78, 5) is 24.3. The normalized spacial score (nSPS) is 16.3. The third-order valence-corrected chi connectivity index (χ3v) is 4.82. The van der Waals surface area contributed by atoms with Gasteiger partial charge in [-0.25, -0.2) is 9.59 Å². The molecule has 0 amide bonds. The number of allylic oxidation sites excluding steroid dienone is 5. The van der Waals surface area contributed by atoms with Crippen molar-refractivity contribution in [1.29, 1.82) is 0 Å². The van der Waals surface area contributed by atoms with Gasteiger partial charge in [0.2, 0.25) is 0 Å². The zero-order valence-corrected chi connectivity index (χ0v) is 18.9. The van der Waals surface area contributed by atoms with E-state index in [0.29, 0.717) is 17.6 Å². The van der Waals surface area contributed by atoms with E-state index in [4.69, 9.17) is 9.47 Å². The Balaban J connectivity index is 1.96. The lowest BCUT2D eigenvalue weighted by Gasteiger charge is -2.24. The van der Waals surface area contributed by atoms with Crippen LogP contribution in [0.2, 0.25) is 0 Å². The van der Waals surface area contributed by atoms with Gasteiger partial charge in [-0.05, 0) is 43.4 Å². The Hall–Kier alpha value is -3.14. The smallest absolute Gasteiger partial charge is 0.338 e. The highest BCUT2D eigenvalue weighted by molar-refractivity contribution is 5.93. The highest BCUT2D eigenvalue weighted by Gasteiger charge is 2.24. The molecule has 0 saturated carbocycles. The van der Waals surface area contributed by atoms with E-state index in [9.17, 15) is 9.59 Å². The molecule has 0 aromatic heterocycles. The third kappa shape index (κ3) is 8.25. The Morgan fingerprint density at radius 3 is 2.39 bits per heavy atom. The fraction of sp³-hybridized carbons (Fsp3) is 0.333. The largest absolute Gasteiger partial charge is 0.462 e. The molecule has 0 heterocycles. The van der Waals surface area contributed by atoms with Crippen molar-refractivity contribution in [3.05, 3.63) is 89.1 Å². The second-order valence-corrected chi connectivity index (χ2v) is 8.56. The van der Waals surface area contributed by atoms with E-state index < -0.39 is 11.4 Å². The van der Waals surface area contributed by atoms with E-state index in [1.165, 1.54) is 5.57 Å². The van der Waals surface area contributed by atoms with Crippen LogP contribution in [0, 0.1) is 5.41 Å². The summed E-state index contributed by atoms with van der Waals surface area (Å²) in [5, 5.41) is 0. The van der Waals surface area contributed by atoms with Gasteiger partial charge in [0.1, 0.15) is 0 Å². The Kier molecular flexibility index (Phi) is 8.80. The van der Waals surface area contributed by atoms with E-state index >= 15 is 0 Å². The summed E-state index contributed by atoms with van der Waals surface area (Å²) in [7, 11) is 0. The third-order valence-electron chi connectivity index (χ3n) is 4.82. The van der Waals surface area contributed by atoms with Crippen molar-refractivity contribution in [3.63, 3.8) is 0 Å². The van der Waals surface area contributed by atoms with Crippen molar-refractivity contribution in [2.45, 2.75) is 40.5 Å². The van der Waals surface area contributed by atoms with E-state index in [1.807, 2.05) is 51.1 Å². The first-order valence-corrected chi connectivity index (χ1v) is 10.5. The molecule has 0 saturated heterocycles. The molecule has 1 aliphatic rings. The second-order valence-electron chi connectivity index (χ2n) is 8.56. The van der Waals surface area contributed by atoms with Crippen LogP contribution in [0.5, 0.6) is 0 Å². The number of carbonyl (C=O) groups is 2. The van der Waals surface area contributed by atoms with Gasteiger partial charge in [-0.3, -0.25) is 0 Å².